The molecule has 2 aromatic rings. The summed E-state index contributed by atoms with van der Waals surface area (Å²) in [5.74, 6) is 0.785. The lowest BCUT2D eigenvalue weighted by Gasteiger charge is -2.12. The van der Waals surface area contributed by atoms with Gasteiger partial charge >= 0.3 is 0 Å². The maximum atomic E-state index is 12.2. The van der Waals surface area contributed by atoms with Gasteiger partial charge in [0.1, 0.15) is 5.71 Å². The smallest absolute Gasteiger partial charge is 0.186 e. The van der Waals surface area contributed by atoms with E-state index in [0.29, 0.717) is 17.2 Å². The molecule has 4 nitrogen and oxygen atoms in total. The van der Waals surface area contributed by atoms with Crippen molar-refractivity contribution >= 4 is 28.9 Å². The molecule has 0 radical (unpaired) electrons. The summed E-state index contributed by atoms with van der Waals surface area (Å²) in [7, 11) is 1.84. The number of hydrogen-bond acceptors (Lipinski definition) is 3. The van der Waals surface area contributed by atoms with Gasteiger partial charge in [-0.2, -0.15) is 5.10 Å². The molecular formula is C14H12ClN3O. The minimum atomic E-state index is 0.0194. The maximum Gasteiger partial charge on any atom is 0.186 e. The van der Waals surface area contributed by atoms with Crippen molar-refractivity contribution in [2.45, 2.75) is 13.3 Å². The van der Waals surface area contributed by atoms with E-state index in [1.807, 2.05) is 26.1 Å². The molecule has 0 amide bonds. The van der Waals surface area contributed by atoms with Crippen LogP contribution in [0.4, 0.5) is 5.82 Å². The van der Waals surface area contributed by atoms with Gasteiger partial charge in [0, 0.05) is 29.6 Å². The van der Waals surface area contributed by atoms with Gasteiger partial charge in [-0.3, -0.25) is 9.48 Å². The van der Waals surface area contributed by atoms with Crippen molar-refractivity contribution in [3.8, 4) is 0 Å². The Hall–Kier alpha value is -1.94. The van der Waals surface area contributed by atoms with Crippen LogP contribution in [0.3, 0.4) is 0 Å². The number of ketones is 1. The van der Waals surface area contributed by atoms with Crippen molar-refractivity contribution in [1.82, 2.24) is 9.78 Å². The third-order valence-electron chi connectivity index (χ3n) is 3.25. The molecule has 1 aromatic carbocycles. The Morgan fingerprint density at radius 3 is 2.63 bits per heavy atom. The standard InChI is InChI=1S/C14H12ClN3O/c1-8-11-7-12(19)13(16-14(11)18(2)17-8)9-3-5-10(15)6-4-9/h3-6H,7H2,1-2H3. The number of aryl methyl sites for hydroxylation is 2. The molecule has 0 aliphatic carbocycles. The quantitative estimate of drug-likeness (QED) is 0.802. The summed E-state index contributed by atoms with van der Waals surface area (Å²) in [4.78, 5) is 16.7. The zero-order chi connectivity index (χ0) is 13.6. The van der Waals surface area contributed by atoms with E-state index < -0.39 is 0 Å². The van der Waals surface area contributed by atoms with Gasteiger partial charge in [-0.05, 0) is 19.1 Å². The normalized spacial score (nSPS) is 14.3. The Bertz CT molecular complexity index is 698. The number of benzene rings is 1. The third-order valence-corrected chi connectivity index (χ3v) is 3.50. The van der Waals surface area contributed by atoms with E-state index in [4.69, 9.17) is 11.6 Å². The average Bonchev–Trinajstić information content (AvgIpc) is 2.65. The number of nitrogens with zero attached hydrogens (tertiary/aromatic N) is 3. The van der Waals surface area contributed by atoms with Gasteiger partial charge in [-0.15, -0.1) is 0 Å². The number of halogens is 1. The van der Waals surface area contributed by atoms with E-state index in [9.17, 15) is 4.79 Å². The van der Waals surface area contributed by atoms with Gasteiger partial charge in [0.25, 0.3) is 0 Å². The molecule has 0 spiro atoms. The van der Waals surface area contributed by atoms with Gasteiger partial charge in [0.2, 0.25) is 0 Å². The number of carbonyl (C=O) groups excluding carboxylic acids is 1. The molecule has 0 N–H and O–H groups in total. The average molecular weight is 274 g/mol. The van der Waals surface area contributed by atoms with Gasteiger partial charge in [0.15, 0.2) is 11.6 Å². The summed E-state index contributed by atoms with van der Waals surface area (Å²) in [6.45, 7) is 1.90. The molecule has 0 atom stereocenters. The first-order chi connectivity index (χ1) is 9.06. The molecule has 3 rings (SSSR count). The van der Waals surface area contributed by atoms with E-state index >= 15 is 0 Å². The summed E-state index contributed by atoms with van der Waals surface area (Å²) in [5.41, 5.74) is 3.06. The van der Waals surface area contributed by atoms with E-state index in [1.54, 1.807) is 16.8 Å². The fourth-order valence-corrected chi connectivity index (χ4v) is 2.41. The van der Waals surface area contributed by atoms with Gasteiger partial charge in [-0.1, -0.05) is 23.7 Å². The summed E-state index contributed by atoms with van der Waals surface area (Å²) in [6, 6.07) is 7.15. The highest BCUT2D eigenvalue weighted by Gasteiger charge is 2.26. The second-order valence-corrected chi connectivity index (χ2v) is 5.01. The fraction of sp³-hybridized carbons (Fsp3) is 0.214. The first-order valence-electron chi connectivity index (χ1n) is 5.96. The van der Waals surface area contributed by atoms with Gasteiger partial charge in [-0.25, -0.2) is 4.99 Å². The molecule has 19 heavy (non-hydrogen) atoms. The van der Waals surface area contributed by atoms with E-state index in [0.717, 1.165) is 22.6 Å². The second-order valence-electron chi connectivity index (χ2n) is 4.58. The lowest BCUT2D eigenvalue weighted by Crippen LogP contribution is -2.21. The molecule has 0 bridgehead atoms. The Balaban J connectivity index is 2.14. The van der Waals surface area contributed by atoms with Crippen LogP contribution < -0.4 is 0 Å². The van der Waals surface area contributed by atoms with Crippen molar-refractivity contribution in [3.05, 3.63) is 46.1 Å². The van der Waals surface area contributed by atoms with Gasteiger partial charge < -0.3 is 0 Å². The monoisotopic (exact) mass is 273 g/mol. The number of hydrogen-bond donors (Lipinski definition) is 0. The van der Waals surface area contributed by atoms with E-state index in [2.05, 4.69) is 10.1 Å². The van der Waals surface area contributed by atoms with E-state index in [1.165, 1.54) is 0 Å². The summed E-state index contributed by atoms with van der Waals surface area (Å²) in [6.07, 6.45) is 0.358. The first kappa shape index (κ1) is 12.1. The van der Waals surface area contributed by atoms with Crippen molar-refractivity contribution in [2.75, 3.05) is 0 Å². The molecule has 0 fully saturated rings. The number of fused-ring (bicyclic) bond motifs is 1. The summed E-state index contributed by atoms with van der Waals surface area (Å²) >= 11 is 5.86. The largest absolute Gasteiger partial charge is 0.292 e. The van der Waals surface area contributed by atoms with Crippen LogP contribution in [0.1, 0.15) is 16.8 Å². The SMILES string of the molecule is Cc1nn(C)c2c1CC(=O)C(c1ccc(Cl)cc1)=N2. The second kappa shape index (κ2) is 4.31. The maximum absolute atomic E-state index is 12.2. The van der Waals surface area contributed by atoms with Crippen LogP contribution >= 0.6 is 11.6 Å². The number of rotatable bonds is 1. The zero-order valence-electron chi connectivity index (χ0n) is 10.6. The number of aromatic nitrogens is 2. The Morgan fingerprint density at radius 1 is 1.26 bits per heavy atom. The molecular weight excluding hydrogens is 262 g/mol. The van der Waals surface area contributed by atoms with Crippen molar-refractivity contribution in [2.24, 2.45) is 12.0 Å². The van der Waals surface area contributed by atoms with Crippen LogP contribution in [0.2, 0.25) is 5.02 Å². The number of carbonyl (C=O) groups is 1. The first-order valence-corrected chi connectivity index (χ1v) is 6.34. The Kier molecular flexibility index (Phi) is 2.75. The van der Waals surface area contributed by atoms with Crippen LogP contribution in [0.5, 0.6) is 0 Å². The van der Waals surface area contributed by atoms with Crippen molar-refractivity contribution in [1.29, 1.82) is 0 Å². The predicted octanol–water partition coefficient (Wildman–Crippen LogP) is 2.63. The van der Waals surface area contributed by atoms with Crippen molar-refractivity contribution in [3.63, 3.8) is 0 Å². The van der Waals surface area contributed by atoms with Crippen LogP contribution in [0, 0.1) is 6.92 Å². The molecule has 0 unspecified atom stereocenters. The van der Waals surface area contributed by atoms with E-state index in [-0.39, 0.29) is 5.78 Å². The van der Waals surface area contributed by atoms with Crippen LogP contribution in [-0.4, -0.2) is 21.3 Å². The van der Waals surface area contributed by atoms with Crippen LogP contribution in [0.25, 0.3) is 0 Å². The lowest BCUT2D eigenvalue weighted by molar-refractivity contribution is -0.112. The minimum Gasteiger partial charge on any atom is -0.292 e. The number of Topliss-reactive ketones (excluding diaryl/α,β-unsaturated/α-hetero) is 1. The van der Waals surface area contributed by atoms with Crippen LogP contribution in [-0.2, 0) is 18.3 Å². The fourth-order valence-electron chi connectivity index (χ4n) is 2.28. The minimum absolute atomic E-state index is 0.0194. The molecule has 1 aliphatic rings. The number of aliphatic imine (C=N–C) groups is 1. The molecule has 1 aliphatic heterocycles. The highest BCUT2D eigenvalue weighted by molar-refractivity contribution is 6.47. The summed E-state index contributed by atoms with van der Waals surface area (Å²) in [5, 5.41) is 4.95. The highest BCUT2D eigenvalue weighted by atomic mass is 35.5. The zero-order valence-corrected chi connectivity index (χ0v) is 11.4. The molecule has 2 heterocycles. The lowest BCUT2D eigenvalue weighted by atomic mass is 9.98. The van der Waals surface area contributed by atoms with Crippen molar-refractivity contribution < 1.29 is 4.79 Å². The Labute approximate surface area is 115 Å². The molecule has 96 valence electrons. The van der Waals surface area contributed by atoms with Crippen LogP contribution in [0.15, 0.2) is 29.3 Å². The predicted molar refractivity (Wildman–Crippen MR) is 74.3 cm³/mol. The Morgan fingerprint density at radius 2 is 1.95 bits per heavy atom. The molecule has 5 heteroatoms. The molecule has 0 saturated heterocycles. The topological polar surface area (TPSA) is 47.2 Å². The highest BCUT2D eigenvalue weighted by Crippen LogP contribution is 2.28. The molecule has 0 saturated carbocycles. The third kappa shape index (κ3) is 1.98. The van der Waals surface area contributed by atoms with Gasteiger partial charge in [0.05, 0.1) is 5.69 Å². The summed E-state index contributed by atoms with van der Waals surface area (Å²) < 4.78 is 1.72. The molecule has 1 aromatic heterocycles.